The van der Waals surface area contributed by atoms with Crippen LogP contribution in [0.4, 0.5) is 10.5 Å². The van der Waals surface area contributed by atoms with Crippen molar-refractivity contribution in [2.24, 2.45) is 0 Å². The highest BCUT2D eigenvalue weighted by Gasteiger charge is 2.34. The Balaban J connectivity index is 1.71. The number of urea groups is 1. The lowest BCUT2D eigenvalue weighted by atomic mass is 10.1. The Labute approximate surface area is 131 Å². The minimum absolute atomic E-state index is 0.0659. The lowest BCUT2D eigenvalue weighted by Crippen LogP contribution is -2.47. The molecule has 3 rings (SSSR count). The summed E-state index contributed by atoms with van der Waals surface area (Å²) in [6.07, 6.45) is 9.64. The number of carbonyl (C=O) groups is 1. The molecular weight excluding hydrogens is 284 g/mol. The van der Waals surface area contributed by atoms with Crippen LogP contribution in [-0.4, -0.2) is 23.0 Å². The van der Waals surface area contributed by atoms with E-state index in [0.29, 0.717) is 17.1 Å². The van der Waals surface area contributed by atoms with Crippen LogP contribution in [0.25, 0.3) is 0 Å². The molecule has 0 aromatic heterocycles. The average Bonchev–Trinajstić information content (AvgIpc) is 3.15. The van der Waals surface area contributed by atoms with E-state index in [9.17, 15) is 4.79 Å². The van der Waals surface area contributed by atoms with E-state index in [0.717, 1.165) is 31.4 Å². The molecule has 4 heteroatoms. The number of nitrogens with zero attached hydrogens (tertiary/aromatic N) is 1. The maximum Gasteiger partial charge on any atom is 0.322 e. The number of amides is 2. The van der Waals surface area contributed by atoms with Gasteiger partial charge in [0.05, 0.1) is 0 Å². The van der Waals surface area contributed by atoms with Crippen LogP contribution < -0.4 is 5.32 Å². The van der Waals surface area contributed by atoms with Gasteiger partial charge in [-0.1, -0.05) is 37.3 Å². The largest absolute Gasteiger partial charge is 0.322 e. The quantitative estimate of drug-likeness (QED) is 0.831. The van der Waals surface area contributed by atoms with Gasteiger partial charge in [-0.05, 0) is 49.9 Å². The summed E-state index contributed by atoms with van der Waals surface area (Å²) in [5.41, 5.74) is 0.824. The summed E-state index contributed by atoms with van der Waals surface area (Å²) >= 11 is 5.89. The number of benzene rings is 1. The number of nitrogens with one attached hydrogen (secondary N) is 1. The number of anilines is 1. The van der Waals surface area contributed by atoms with Gasteiger partial charge in [-0.2, -0.15) is 0 Å². The van der Waals surface area contributed by atoms with Crippen molar-refractivity contribution in [3.05, 3.63) is 29.3 Å². The van der Waals surface area contributed by atoms with Crippen molar-refractivity contribution >= 4 is 23.3 Å². The molecule has 1 aromatic carbocycles. The summed E-state index contributed by atoms with van der Waals surface area (Å²) in [6.45, 7) is 0. The van der Waals surface area contributed by atoms with Crippen LogP contribution in [0.5, 0.6) is 0 Å². The second-order valence-electron chi connectivity index (χ2n) is 6.22. The van der Waals surface area contributed by atoms with Crippen LogP contribution in [0, 0.1) is 0 Å². The number of hydrogen-bond donors (Lipinski definition) is 1. The minimum atomic E-state index is 0.0659. The Kier molecular flexibility index (Phi) is 4.69. The molecule has 2 fully saturated rings. The second kappa shape index (κ2) is 6.69. The van der Waals surface area contributed by atoms with Gasteiger partial charge < -0.3 is 10.2 Å². The molecule has 3 nitrogen and oxygen atoms in total. The average molecular weight is 307 g/mol. The molecule has 21 heavy (non-hydrogen) atoms. The fourth-order valence-corrected chi connectivity index (χ4v) is 3.84. The Morgan fingerprint density at radius 3 is 1.90 bits per heavy atom. The van der Waals surface area contributed by atoms with E-state index in [4.69, 9.17) is 11.6 Å². The van der Waals surface area contributed by atoms with Gasteiger partial charge in [-0.3, -0.25) is 0 Å². The lowest BCUT2D eigenvalue weighted by molar-refractivity contribution is 0.157. The summed E-state index contributed by atoms with van der Waals surface area (Å²) in [5, 5.41) is 3.74. The van der Waals surface area contributed by atoms with Crippen molar-refractivity contribution in [2.45, 2.75) is 63.5 Å². The van der Waals surface area contributed by atoms with E-state index in [1.807, 2.05) is 24.3 Å². The first-order valence-electron chi connectivity index (χ1n) is 8.09. The fourth-order valence-electron chi connectivity index (χ4n) is 3.72. The lowest BCUT2D eigenvalue weighted by Gasteiger charge is -2.34. The zero-order valence-corrected chi connectivity index (χ0v) is 13.1. The van der Waals surface area contributed by atoms with Crippen molar-refractivity contribution in [3.63, 3.8) is 0 Å². The van der Waals surface area contributed by atoms with Gasteiger partial charge in [0.1, 0.15) is 0 Å². The molecular formula is C17H23ClN2O. The fraction of sp³-hybridized carbons (Fsp3) is 0.588. The van der Waals surface area contributed by atoms with Crippen molar-refractivity contribution in [3.8, 4) is 0 Å². The van der Waals surface area contributed by atoms with Crippen molar-refractivity contribution in [1.29, 1.82) is 0 Å². The van der Waals surface area contributed by atoms with Gasteiger partial charge in [0.2, 0.25) is 0 Å². The minimum Gasteiger partial charge on any atom is -0.319 e. The number of halogens is 1. The highest BCUT2D eigenvalue weighted by molar-refractivity contribution is 6.30. The third kappa shape index (κ3) is 3.52. The molecule has 2 saturated carbocycles. The molecule has 1 N–H and O–H groups in total. The first-order chi connectivity index (χ1) is 10.2. The molecule has 0 aliphatic heterocycles. The van der Waals surface area contributed by atoms with Crippen LogP contribution in [0.3, 0.4) is 0 Å². The Morgan fingerprint density at radius 2 is 1.43 bits per heavy atom. The standard InChI is InChI=1S/C17H23ClN2O/c18-13-9-11-14(12-10-13)19-17(21)20(15-5-1-2-6-15)16-7-3-4-8-16/h9-12,15-16H,1-8H2,(H,19,21). The summed E-state index contributed by atoms with van der Waals surface area (Å²) in [6, 6.07) is 8.28. The molecule has 0 radical (unpaired) electrons. The Hall–Kier alpha value is -1.22. The van der Waals surface area contributed by atoms with E-state index in [2.05, 4.69) is 10.2 Å². The van der Waals surface area contributed by atoms with Gasteiger partial charge >= 0.3 is 6.03 Å². The van der Waals surface area contributed by atoms with E-state index >= 15 is 0 Å². The van der Waals surface area contributed by atoms with Crippen LogP contribution in [-0.2, 0) is 0 Å². The SMILES string of the molecule is O=C(Nc1ccc(Cl)cc1)N(C1CCCC1)C1CCCC1. The molecule has 2 aliphatic carbocycles. The van der Waals surface area contributed by atoms with Crippen molar-refractivity contribution in [1.82, 2.24) is 4.90 Å². The first kappa shape index (κ1) is 14.7. The molecule has 1 aromatic rings. The summed E-state index contributed by atoms with van der Waals surface area (Å²) < 4.78 is 0. The molecule has 2 amide bonds. The molecule has 0 spiro atoms. The molecule has 114 valence electrons. The number of hydrogen-bond acceptors (Lipinski definition) is 1. The van der Waals surface area contributed by atoms with Crippen LogP contribution in [0.15, 0.2) is 24.3 Å². The van der Waals surface area contributed by atoms with Crippen LogP contribution in [0.1, 0.15) is 51.4 Å². The van der Waals surface area contributed by atoms with Crippen LogP contribution >= 0.6 is 11.6 Å². The summed E-state index contributed by atoms with van der Waals surface area (Å²) in [5.74, 6) is 0. The zero-order chi connectivity index (χ0) is 14.7. The Bertz CT molecular complexity index is 460. The van der Waals surface area contributed by atoms with Gasteiger partial charge in [0, 0.05) is 22.8 Å². The highest BCUT2D eigenvalue weighted by Crippen LogP contribution is 2.32. The summed E-state index contributed by atoms with van der Waals surface area (Å²) in [7, 11) is 0. The maximum atomic E-state index is 12.8. The molecule has 0 unspecified atom stereocenters. The van der Waals surface area contributed by atoms with Gasteiger partial charge in [0.25, 0.3) is 0 Å². The normalized spacial score (nSPS) is 19.9. The molecule has 0 saturated heterocycles. The van der Waals surface area contributed by atoms with Gasteiger partial charge in [-0.25, -0.2) is 4.79 Å². The first-order valence-corrected chi connectivity index (χ1v) is 8.47. The topological polar surface area (TPSA) is 32.3 Å². The van der Waals surface area contributed by atoms with E-state index in [1.54, 1.807) is 0 Å². The van der Waals surface area contributed by atoms with Gasteiger partial charge in [-0.15, -0.1) is 0 Å². The third-order valence-corrected chi connectivity index (χ3v) is 5.02. The Morgan fingerprint density at radius 1 is 0.952 bits per heavy atom. The smallest absolute Gasteiger partial charge is 0.319 e. The third-order valence-electron chi connectivity index (χ3n) is 4.77. The predicted octanol–water partition coefficient (Wildman–Crippen LogP) is 5.06. The molecule has 0 bridgehead atoms. The van der Waals surface area contributed by atoms with E-state index in [1.165, 1.54) is 25.7 Å². The van der Waals surface area contributed by atoms with Gasteiger partial charge in [0.15, 0.2) is 0 Å². The van der Waals surface area contributed by atoms with Crippen molar-refractivity contribution in [2.75, 3.05) is 5.32 Å². The monoisotopic (exact) mass is 306 g/mol. The predicted molar refractivity (Wildman–Crippen MR) is 86.8 cm³/mol. The second-order valence-corrected chi connectivity index (χ2v) is 6.66. The number of carbonyl (C=O) groups excluding carboxylic acids is 1. The number of rotatable bonds is 3. The van der Waals surface area contributed by atoms with Crippen molar-refractivity contribution < 1.29 is 4.79 Å². The molecule has 0 atom stereocenters. The highest BCUT2D eigenvalue weighted by atomic mass is 35.5. The van der Waals surface area contributed by atoms with Crippen LogP contribution in [0.2, 0.25) is 5.02 Å². The molecule has 2 aliphatic rings. The van der Waals surface area contributed by atoms with E-state index < -0.39 is 0 Å². The summed E-state index contributed by atoms with van der Waals surface area (Å²) in [4.78, 5) is 14.9. The zero-order valence-electron chi connectivity index (χ0n) is 12.4. The van der Waals surface area contributed by atoms with E-state index in [-0.39, 0.29) is 6.03 Å². The maximum absolute atomic E-state index is 12.8. The molecule has 0 heterocycles.